The van der Waals surface area contributed by atoms with Crippen LogP contribution in [-0.2, 0) is 0 Å². The second kappa shape index (κ2) is 4.26. The second-order valence-electron chi connectivity index (χ2n) is 3.89. The number of nitrogens with zero attached hydrogens (tertiary/aromatic N) is 3. The van der Waals surface area contributed by atoms with E-state index in [-0.39, 0.29) is 0 Å². The molecule has 0 aliphatic heterocycles. The van der Waals surface area contributed by atoms with Crippen molar-refractivity contribution in [2.24, 2.45) is 0 Å². The maximum Gasteiger partial charge on any atom is 0.220 e. The maximum absolute atomic E-state index is 5.44. The van der Waals surface area contributed by atoms with Gasteiger partial charge in [-0.2, -0.15) is 0 Å². The minimum absolute atomic E-state index is 0.321. The van der Waals surface area contributed by atoms with Gasteiger partial charge in [-0.25, -0.2) is 9.97 Å². The van der Waals surface area contributed by atoms with E-state index in [1.165, 1.54) is 0 Å². The van der Waals surface area contributed by atoms with Crippen molar-refractivity contribution in [2.75, 3.05) is 10.6 Å². The van der Waals surface area contributed by atoms with Crippen molar-refractivity contribution < 1.29 is 0 Å². The molecule has 0 fully saturated rings. The van der Waals surface area contributed by atoms with Gasteiger partial charge in [0.1, 0.15) is 0 Å². The Bertz CT molecular complexity index is 271. The number of anilines is 2. The van der Waals surface area contributed by atoms with Gasteiger partial charge in [0.2, 0.25) is 5.95 Å². The summed E-state index contributed by atoms with van der Waals surface area (Å²) in [7, 11) is 0. The van der Waals surface area contributed by atoms with E-state index in [0.717, 1.165) is 5.69 Å². The Morgan fingerprint density at radius 1 is 1.07 bits per heavy atom. The van der Waals surface area contributed by atoms with Crippen molar-refractivity contribution in [1.82, 2.24) is 9.97 Å². The second-order valence-corrected chi connectivity index (χ2v) is 3.89. The van der Waals surface area contributed by atoms with Crippen LogP contribution in [0.4, 0.5) is 11.6 Å². The SMILES string of the molecule is CC(C)N(c1cnc(N)nc1)C(C)C. The van der Waals surface area contributed by atoms with Gasteiger partial charge in [0.05, 0.1) is 18.1 Å². The van der Waals surface area contributed by atoms with Crippen LogP contribution in [0.3, 0.4) is 0 Å². The van der Waals surface area contributed by atoms with E-state index in [4.69, 9.17) is 5.73 Å². The standard InChI is InChI=1S/C10H18N4/c1-7(2)14(8(3)4)9-5-12-10(11)13-6-9/h5-8H,1-4H3,(H2,11,12,13). The lowest BCUT2D eigenvalue weighted by Crippen LogP contribution is -2.37. The Balaban J connectivity index is 2.94. The molecule has 0 saturated heterocycles. The first-order valence-corrected chi connectivity index (χ1v) is 4.88. The summed E-state index contributed by atoms with van der Waals surface area (Å²) >= 11 is 0. The van der Waals surface area contributed by atoms with Gasteiger partial charge in [-0.05, 0) is 27.7 Å². The van der Waals surface area contributed by atoms with Crippen LogP contribution in [-0.4, -0.2) is 22.1 Å². The molecular weight excluding hydrogens is 176 g/mol. The van der Waals surface area contributed by atoms with Crippen molar-refractivity contribution >= 4 is 11.6 Å². The number of aromatic nitrogens is 2. The van der Waals surface area contributed by atoms with Gasteiger partial charge in [0.25, 0.3) is 0 Å². The molecule has 14 heavy (non-hydrogen) atoms. The Morgan fingerprint density at radius 3 is 1.86 bits per heavy atom. The van der Waals surface area contributed by atoms with Crippen molar-refractivity contribution in [1.29, 1.82) is 0 Å². The smallest absolute Gasteiger partial charge is 0.220 e. The minimum atomic E-state index is 0.321. The van der Waals surface area contributed by atoms with E-state index >= 15 is 0 Å². The van der Waals surface area contributed by atoms with Gasteiger partial charge >= 0.3 is 0 Å². The Labute approximate surface area is 85.2 Å². The predicted molar refractivity (Wildman–Crippen MR) is 59.2 cm³/mol. The molecule has 0 aliphatic rings. The average molecular weight is 194 g/mol. The lowest BCUT2D eigenvalue weighted by atomic mass is 10.2. The van der Waals surface area contributed by atoms with Gasteiger partial charge in [0.15, 0.2) is 0 Å². The first-order valence-electron chi connectivity index (χ1n) is 4.88. The summed E-state index contributed by atoms with van der Waals surface area (Å²) < 4.78 is 0. The van der Waals surface area contributed by atoms with Crippen LogP contribution in [0, 0.1) is 0 Å². The van der Waals surface area contributed by atoms with Gasteiger partial charge in [0, 0.05) is 12.1 Å². The quantitative estimate of drug-likeness (QED) is 0.795. The molecule has 0 aliphatic carbocycles. The number of rotatable bonds is 3. The summed E-state index contributed by atoms with van der Waals surface area (Å²) in [6, 6.07) is 0.865. The van der Waals surface area contributed by atoms with Crippen LogP contribution in [0.25, 0.3) is 0 Å². The molecule has 4 heteroatoms. The third-order valence-corrected chi connectivity index (χ3v) is 2.07. The van der Waals surface area contributed by atoms with E-state index in [1.807, 2.05) is 0 Å². The molecule has 0 spiro atoms. The zero-order valence-electron chi connectivity index (χ0n) is 9.23. The lowest BCUT2D eigenvalue weighted by Gasteiger charge is -2.32. The normalized spacial score (nSPS) is 11.0. The highest BCUT2D eigenvalue weighted by atomic mass is 15.2. The topological polar surface area (TPSA) is 55.0 Å². The fourth-order valence-electron chi connectivity index (χ4n) is 1.66. The number of nitrogens with two attached hydrogens (primary N) is 1. The van der Waals surface area contributed by atoms with Crippen LogP contribution in [0.2, 0.25) is 0 Å². The van der Waals surface area contributed by atoms with Gasteiger partial charge in [-0.3, -0.25) is 0 Å². The van der Waals surface area contributed by atoms with Crippen LogP contribution < -0.4 is 10.6 Å². The van der Waals surface area contributed by atoms with Gasteiger partial charge in [-0.15, -0.1) is 0 Å². The Hall–Kier alpha value is -1.32. The van der Waals surface area contributed by atoms with E-state index in [9.17, 15) is 0 Å². The summed E-state index contributed by atoms with van der Waals surface area (Å²) in [4.78, 5) is 10.2. The zero-order valence-corrected chi connectivity index (χ0v) is 9.23. The first kappa shape index (κ1) is 10.8. The van der Waals surface area contributed by atoms with Crippen LogP contribution >= 0.6 is 0 Å². The number of hydrogen-bond acceptors (Lipinski definition) is 4. The third-order valence-electron chi connectivity index (χ3n) is 2.07. The van der Waals surface area contributed by atoms with E-state index < -0.39 is 0 Å². The number of hydrogen-bond donors (Lipinski definition) is 1. The van der Waals surface area contributed by atoms with Gasteiger partial charge in [-0.1, -0.05) is 0 Å². The summed E-state index contributed by atoms with van der Waals surface area (Å²) in [5.74, 6) is 0.321. The molecule has 0 bridgehead atoms. The fraction of sp³-hybridized carbons (Fsp3) is 0.600. The van der Waals surface area contributed by atoms with Crippen molar-refractivity contribution in [3.8, 4) is 0 Å². The molecule has 0 aromatic carbocycles. The van der Waals surface area contributed by atoms with Gasteiger partial charge < -0.3 is 10.6 Å². The molecule has 0 radical (unpaired) electrons. The molecular formula is C10H18N4. The molecule has 1 heterocycles. The molecule has 0 saturated carbocycles. The summed E-state index contributed by atoms with van der Waals surface area (Å²) in [6.07, 6.45) is 3.53. The van der Waals surface area contributed by atoms with Crippen molar-refractivity contribution in [2.45, 2.75) is 39.8 Å². The Kier molecular flexibility index (Phi) is 3.28. The van der Waals surface area contributed by atoms with E-state index in [2.05, 4.69) is 42.6 Å². The number of nitrogen functional groups attached to an aromatic ring is 1. The van der Waals surface area contributed by atoms with Crippen LogP contribution in [0.1, 0.15) is 27.7 Å². The highest BCUT2D eigenvalue weighted by Gasteiger charge is 2.14. The zero-order chi connectivity index (χ0) is 10.7. The molecule has 2 N–H and O–H groups in total. The molecule has 1 rings (SSSR count). The van der Waals surface area contributed by atoms with E-state index in [0.29, 0.717) is 18.0 Å². The summed E-state index contributed by atoms with van der Waals surface area (Å²) in [5, 5.41) is 0. The van der Waals surface area contributed by atoms with E-state index in [1.54, 1.807) is 12.4 Å². The molecule has 0 unspecified atom stereocenters. The molecule has 1 aromatic heterocycles. The van der Waals surface area contributed by atoms with Crippen LogP contribution in [0.5, 0.6) is 0 Å². The molecule has 0 atom stereocenters. The molecule has 0 amide bonds. The summed E-state index contributed by atoms with van der Waals surface area (Å²) in [6.45, 7) is 8.60. The fourth-order valence-corrected chi connectivity index (χ4v) is 1.66. The maximum atomic E-state index is 5.44. The minimum Gasteiger partial charge on any atom is -0.368 e. The average Bonchev–Trinajstić information content (AvgIpc) is 2.07. The highest BCUT2D eigenvalue weighted by molar-refractivity contribution is 5.45. The summed E-state index contributed by atoms with van der Waals surface area (Å²) in [5.41, 5.74) is 6.46. The Morgan fingerprint density at radius 2 is 1.50 bits per heavy atom. The van der Waals surface area contributed by atoms with Crippen molar-refractivity contribution in [3.05, 3.63) is 12.4 Å². The lowest BCUT2D eigenvalue weighted by molar-refractivity contribution is 0.606. The largest absolute Gasteiger partial charge is 0.368 e. The van der Waals surface area contributed by atoms with Crippen LogP contribution in [0.15, 0.2) is 12.4 Å². The molecule has 1 aromatic rings. The molecule has 78 valence electrons. The predicted octanol–water partition coefficient (Wildman–Crippen LogP) is 1.68. The first-order chi connectivity index (χ1) is 6.52. The third kappa shape index (κ3) is 2.34. The van der Waals surface area contributed by atoms with Crippen molar-refractivity contribution in [3.63, 3.8) is 0 Å². The highest BCUT2D eigenvalue weighted by Crippen LogP contribution is 2.17. The monoisotopic (exact) mass is 194 g/mol. The molecule has 4 nitrogen and oxygen atoms in total.